The Balaban J connectivity index is 1.29. The fourth-order valence-corrected chi connectivity index (χ4v) is 3.88. The predicted molar refractivity (Wildman–Crippen MR) is 109 cm³/mol. The first-order chi connectivity index (χ1) is 14.3. The van der Waals surface area contributed by atoms with Crippen LogP contribution in [0.25, 0.3) is 10.9 Å². The standard InChI is InChI=1S/C21H24N6O2/c1-2-20-19(21(25-15-24-20)29-18-4-10-28-13-18)11-17(1)27-8-6-26(7-9-27)12-16-3-5-22-14-23-16/h1-3,5,11,14-15,18H,4,6-10,12-13H2. The van der Waals surface area contributed by atoms with Gasteiger partial charge in [-0.1, -0.05) is 0 Å². The topological polar surface area (TPSA) is 76.5 Å². The average Bonchev–Trinajstić information content (AvgIpc) is 3.28. The molecule has 1 atom stereocenters. The Kier molecular flexibility index (Phi) is 5.19. The Bertz CT molecular complexity index is 956. The zero-order valence-electron chi connectivity index (χ0n) is 16.3. The lowest BCUT2D eigenvalue weighted by molar-refractivity contribution is 0.139. The summed E-state index contributed by atoms with van der Waals surface area (Å²) in [6.07, 6.45) is 5.95. The van der Waals surface area contributed by atoms with Crippen LogP contribution in [-0.2, 0) is 11.3 Å². The molecule has 0 radical (unpaired) electrons. The van der Waals surface area contributed by atoms with E-state index in [1.807, 2.05) is 6.07 Å². The van der Waals surface area contributed by atoms with Gasteiger partial charge in [0.15, 0.2) is 0 Å². The maximum atomic E-state index is 6.10. The van der Waals surface area contributed by atoms with Gasteiger partial charge in [0, 0.05) is 51.0 Å². The molecule has 2 aliphatic rings. The van der Waals surface area contributed by atoms with Crippen LogP contribution >= 0.6 is 0 Å². The summed E-state index contributed by atoms with van der Waals surface area (Å²) in [5, 5.41) is 0.959. The lowest BCUT2D eigenvalue weighted by Crippen LogP contribution is -2.46. The van der Waals surface area contributed by atoms with Gasteiger partial charge in [0.25, 0.3) is 0 Å². The van der Waals surface area contributed by atoms with Gasteiger partial charge < -0.3 is 14.4 Å². The van der Waals surface area contributed by atoms with Crippen LogP contribution in [-0.4, -0.2) is 70.3 Å². The third kappa shape index (κ3) is 4.13. The molecule has 8 nitrogen and oxygen atoms in total. The van der Waals surface area contributed by atoms with E-state index >= 15 is 0 Å². The van der Waals surface area contributed by atoms with Gasteiger partial charge in [-0.3, -0.25) is 4.90 Å². The van der Waals surface area contributed by atoms with Crippen molar-refractivity contribution in [2.75, 3.05) is 44.3 Å². The fourth-order valence-electron chi connectivity index (χ4n) is 3.88. The summed E-state index contributed by atoms with van der Waals surface area (Å²) in [5.41, 5.74) is 3.15. The van der Waals surface area contributed by atoms with E-state index in [4.69, 9.17) is 9.47 Å². The first-order valence-electron chi connectivity index (χ1n) is 10.1. The fraction of sp³-hybridized carbons (Fsp3) is 0.429. The summed E-state index contributed by atoms with van der Waals surface area (Å²) >= 11 is 0. The van der Waals surface area contributed by atoms with E-state index in [0.717, 1.165) is 62.3 Å². The van der Waals surface area contributed by atoms with Gasteiger partial charge in [-0.25, -0.2) is 19.9 Å². The number of ether oxygens (including phenoxy) is 2. The summed E-state index contributed by atoms with van der Waals surface area (Å²) in [7, 11) is 0. The maximum Gasteiger partial charge on any atom is 0.224 e. The molecule has 5 rings (SSSR count). The van der Waals surface area contributed by atoms with Gasteiger partial charge in [-0.2, -0.15) is 0 Å². The number of fused-ring (bicyclic) bond motifs is 1. The van der Waals surface area contributed by atoms with Gasteiger partial charge >= 0.3 is 0 Å². The third-order valence-electron chi connectivity index (χ3n) is 5.51. The lowest BCUT2D eigenvalue weighted by atomic mass is 10.1. The Hall–Kier alpha value is -2.84. The second-order valence-corrected chi connectivity index (χ2v) is 7.45. The normalized spacial score (nSPS) is 20.3. The molecule has 0 aliphatic carbocycles. The van der Waals surface area contributed by atoms with Crippen molar-refractivity contribution < 1.29 is 9.47 Å². The molecule has 2 aliphatic heterocycles. The summed E-state index contributed by atoms with van der Waals surface area (Å²) in [5.74, 6) is 0.648. The summed E-state index contributed by atoms with van der Waals surface area (Å²) < 4.78 is 11.5. The van der Waals surface area contributed by atoms with Crippen molar-refractivity contribution in [1.82, 2.24) is 24.8 Å². The van der Waals surface area contributed by atoms with E-state index in [1.54, 1.807) is 18.9 Å². The summed E-state index contributed by atoms with van der Waals surface area (Å²) in [6.45, 7) is 6.17. The summed E-state index contributed by atoms with van der Waals surface area (Å²) in [6, 6.07) is 8.32. The molecule has 2 aromatic heterocycles. The molecule has 2 fully saturated rings. The summed E-state index contributed by atoms with van der Waals surface area (Å²) in [4.78, 5) is 21.9. The van der Waals surface area contributed by atoms with Crippen molar-refractivity contribution in [3.05, 3.63) is 48.8 Å². The lowest BCUT2D eigenvalue weighted by Gasteiger charge is -2.36. The molecule has 29 heavy (non-hydrogen) atoms. The number of hydrogen-bond donors (Lipinski definition) is 0. The third-order valence-corrected chi connectivity index (χ3v) is 5.51. The molecular formula is C21H24N6O2. The number of nitrogens with zero attached hydrogens (tertiary/aromatic N) is 6. The zero-order valence-corrected chi connectivity index (χ0v) is 16.3. The Morgan fingerprint density at radius 3 is 2.76 bits per heavy atom. The van der Waals surface area contributed by atoms with Crippen LogP contribution in [0.2, 0.25) is 0 Å². The van der Waals surface area contributed by atoms with Crippen LogP contribution in [0.5, 0.6) is 5.88 Å². The maximum absolute atomic E-state index is 6.10. The molecule has 8 heteroatoms. The van der Waals surface area contributed by atoms with Crippen molar-refractivity contribution in [2.45, 2.75) is 19.1 Å². The van der Waals surface area contributed by atoms with Crippen LogP contribution in [0, 0.1) is 0 Å². The number of piperazine rings is 1. The number of rotatable bonds is 5. The molecule has 2 saturated heterocycles. The highest BCUT2D eigenvalue weighted by atomic mass is 16.5. The first kappa shape index (κ1) is 18.2. The Morgan fingerprint density at radius 2 is 1.97 bits per heavy atom. The number of benzene rings is 1. The van der Waals surface area contributed by atoms with Gasteiger partial charge in [0.05, 0.1) is 29.8 Å². The molecule has 1 unspecified atom stereocenters. The number of hydrogen-bond acceptors (Lipinski definition) is 8. The van der Waals surface area contributed by atoms with Crippen molar-refractivity contribution >= 4 is 16.6 Å². The van der Waals surface area contributed by atoms with E-state index in [1.165, 1.54) is 5.69 Å². The molecule has 0 saturated carbocycles. The van der Waals surface area contributed by atoms with Crippen molar-refractivity contribution in [2.24, 2.45) is 0 Å². The molecule has 150 valence electrons. The monoisotopic (exact) mass is 392 g/mol. The van der Waals surface area contributed by atoms with Crippen LogP contribution < -0.4 is 9.64 Å². The predicted octanol–water partition coefficient (Wildman–Crippen LogP) is 1.91. The van der Waals surface area contributed by atoms with Crippen molar-refractivity contribution in [1.29, 1.82) is 0 Å². The smallest absolute Gasteiger partial charge is 0.224 e. The van der Waals surface area contributed by atoms with E-state index in [-0.39, 0.29) is 6.10 Å². The molecule has 0 N–H and O–H groups in total. The molecule has 1 aromatic carbocycles. The highest BCUT2D eigenvalue weighted by Gasteiger charge is 2.21. The molecule has 3 aromatic rings. The van der Waals surface area contributed by atoms with E-state index in [9.17, 15) is 0 Å². The van der Waals surface area contributed by atoms with E-state index in [0.29, 0.717) is 12.5 Å². The minimum absolute atomic E-state index is 0.0714. The highest BCUT2D eigenvalue weighted by molar-refractivity contribution is 5.86. The minimum atomic E-state index is 0.0714. The van der Waals surface area contributed by atoms with Crippen LogP contribution in [0.3, 0.4) is 0 Å². The quantitative estimate of drug-likeness (QED) is 0.652. The SMILES string of the molecule is c1cc(CN2CCN(c3ccc4ncnc(OC5CCOC5)c4c3)CC2)ncn1. The van der Waals surface area contributed by atoms with Gasteiger partial charge in [0.2, 0.25) is 5.88 Å². The molecular weight excluding hydrogens is 368 g/mol. The van der Waals surface area contributed by atoms with Gasteiger partial charge in [0.1, 0.15) is 18.8 Å². The zero-order chi connectivity index (χ0) is 19.5. The molecule has 0 bridgehead atoms. The Morgan fingerprint density at radius 1 is 1.03 bits per heavy atom. The molecule has 0 spiro atoms. The average molecular weight is 392 g/mol. The van der Waals surface area contributed by atoms with Crippen LogP contribution in [0.1, 0.15) is 12.1 Å². The van der Waals surface area contributed by atoms with E-state index in [2.05, 4.69) is 47.9 Å². The Labute approximate surface area is 169 Å². The number of aromatic nitrogens is 4. The van der Waals surface area contributed by atoms with Crippen LogP contribution in [0.15, 0.2) is 43.1 Å². The van der Waals surface area contributed by atoms with Gasteiger partial charge in [-0.15, -0.1) is 0 Å². The largest absolute Gasteiger partial charge is 0.471 e. The van der Waals surface area contributed by atoms with E-state index < -0.39 is 0 Å². The molecule has 4 heterocycles. The number of anilines is 1. The molecule has 0 amide bonds. The van der Waals surface area contributed by atoms with Gasteiger partial charge in [-0.05, 0) is 24.3 Å². The van der Waals surface area contributed by atoms with Crippen molar-refractivity contribution in [3.63, 3.8) is 0 Å². The second-order valence-electron chi connectivity index (χ2n) is 7.45. The second kappa shape index (κ2) is 8.26. The van der Waals surface area contributed by atoms with Crippen LogP contribution in [0.4, 0.5) is 5.69 Å². The first-order valence-corrected chi connectivity index (χ1v) is 10.1. The minimum Gasteiger partial charge on any atom is -0.471 e. The van der Waals surface area contributed by atoms with Crippen molar-refractivity contribution in [3.8, 4) is 5.88 Å². The highest BCUT2D eigenvalue weighted by Crippen LogP contribution is 2.29.